The fourth-order valence-corrected chi connectivity index (χ4v) is 3.99. The number of fused-ring (bicyclic) bond motifs is 1. The van der Waals surface area contributed by atoms with Crippen molar-refractivity contribution in [2.24, 2.45) is 0 Å². The molecule has 1 saturated carbocycles. The highest BCUT2D eigenvalue weighted by atomic mass is 16.5. The molecule has 1 atom stereocenters. The Balaban J connectivity index is 1.56. The number of methoxy groups -OCH3 is 1. The SMILES string of the molecule is COc1ccc(C(=O)NC2CCCn3c(C)nnc32)c(OC2CCCC2)c1. The molecule has 0 bridgehead atoms. The molecule has 27 heavy (non-hydrogen) atoms. The van der Waals surface area contributed by atoms with Crippen LogP contribution < -0.4 is 14.8 Å². The minimum absolute atomic E-state index is 0.131. The van der Waals surface area contributed by atoms with Crippen molar-refractivity contribution in [3.8, 4) is 11.5 Å². The number of ether oxygens (including phenoxy) is 2. The number of carbonyl (C=O) groups excluding carboxylic acids is 1. The normalized spacial score (nSPS) is 19.6. The van der Waals surface area contributed by atoms with Crippen molar-refractivity contribution < 1.29 is 14.3 Å². The summed E-state index contributed by atoms with van der Waals surface area (Å²) in [6.45, 7) is 2.84. The Hall–Kier alpha value is -2.57. The van der Waals surface area contributed by atoms with Crippen LogP contribution in [0.4, 0.5) is 0 Å². The standard InChI is InChI=1S/C20H26N4O3/c1-13-22-23-19-17(8-5-11-24(13)19)21-20(25)16-10-9-15(26-2)12-18(16)27-14-6-3-4-7-14/h9-10,12,14,17H,3-8,11H2,1-2H3,(H,21,25). The number of aryl methyl sites for hydroxylation is 1. The molecule has 1 unspecified atom stereocenters. The third kappa shape index (κ3) is 3.63. The molecule has 2 aromatic rings. The van der Waals surface area contributed by atoms with E-state index >= 15 is 0 Å². The molecule has 2 heterocycles. The van der Waals surface area contributed by atoms with Gasteiger partial charge in [0.25, 0.3) is 5.91 Å². The molecule has 144 valence electrons. The summed E-state index contributed by atoms with van der Waals surface area (Å²) < 4.78 is 13.6. The largest absolute Gasteiger partial charge is 0.497 e. The second-order valence-electron chi connectivity index (χ2n) is 7.31. The highest BCUT2D eigenvalue weighted by Gasteiger charge is 2.27. The molecule has 0 radical (unpaired) electrons. The lowest BCUT2D eigenvalue weighted by atomic mass is 10.1. The number of nitrogens with one attached hydrogen (secondary N) is 1. The molecular formula is C20H26N4O3. The summed E-state index contributed by atoms with van der Waals surface area (Å²) in [6.07, 6.45) is 6.43. The topological polar surface area (TPSA) is 78.3 Å². The predicted octanol–water partition coefficient (Wildman–Crippen LogP) is 3.18. The van der Waals surface area contributed by atoms with Crippen molar-refractivity contribution in [1.82, 2.24) is 20.1 Å². The number of rotatable bonds is 5. The number of amides is 1. The highest BCUT2D eigenvalue weighted by molar-refractivity contribution is 5.97. The first-order valence-corrected chi connectivity index (χ1v) is 9.71. The molecule has 2 aliphatic rings. The van der Waals surface area contributed by atoms with E-state index in [2.05, 4.69) is 20.1 Å². The fourth-order valence-electron chi connectivity index (χ4n) is 3.99. The molecule has 1 aliphatic carbocycles. The zero-order valence-corrected chi connectivity index (χ0v) is 15.9. The minimum Gasteiger partial charge on any atom is -0.497 e. The molecule has 1 N–H and O–H groups in total. The average molecular weight is 370 g/mol. The average Bonchev–Trinajstić information content (AvgIpc) is 3.32. The monoisotopic (exact) mass is 370 g/mol. The summed E-state index contributed by atoms with van der Waals surface area (Å²) in [5, 5.41) is 11.5. The van der Waals surface area contributed by atoms with Crippen molar-refractivity contribution in [1.29, 1.82) is 0 Å². The van der Waals surface area contributed by atoms with E-state index in [-0.39, 0.29) is 18.1 Å². The molecule has 1 fully saturated rings. The van der Waals surface area contributed by atoms with Crippen LogP contribution >= 0.6 is 0 Å². The van der Waals surface area contributed by atoms with Gasteiger partial charge in [0.05, 0.1) is 24.8 Å². The van der Waals surface area contributed by atoms with E-state index in [0.29, 0.717) is 17.1 Å². The van der Waals surface area contributed by atoms with Gasteiger partial charge in [-0.3, -0.25) is 4.79 Å². The lowest BCUT2D eigenvalue weighted by molar-refractivity contribution is 0.0920. The summed E-state index contributed by atoms with van der Waals surface area (Å²) in [6, 6.07) is 5.25. The zero-order valence-electron chi connectivity index (χ0n) is 15.9. The van der Waals surface area contributed by atoms with Crippen LogP contribution in [-0.4, -0.2) is 33.9 Å². The van der Waals surface area contributed by atoms with E-state index in [9.17, 15) is 4.79 Å². The van der Waals surface area contributed by atoms with E-state index in [4.69, 9.17) is 9.47 Å². The van der Waals surface area contributed by atoms with Gasteiger partial charge in [0.15, 0.2) is 5.82 Å². The summed E-state index contributed by atoms with van der Waals surface area (Å²) in [7, 11) is 1.62. The van der Waals surface area contributed by atoms with E-state index in [1.54, 1.807) is 25.3 Å². The molecule has 7 nitrogen and oxygen atoms in total. The summed E-state index contributed by atoms with van der Waals surface area (Å²) in [5.41, 5.74) is 0.538. The Morgan fingerprint density at radius 2 is 2.00 bits per heavy atom. The maximum Gasteiger partial charge on any atom is 0.255 e. The zero-order chi connectivity index (χ0) is 18.8. The molecular weight excluding hydrogens is 344 g/mol. The third-order valence-corrected chi connectivity index (χ3v) is 5.49. The molecule has 1 aromatic carbocycles. The second kappa shape index (κ2) is 7.58. The first kappa shape index (κ1) is 17.8. The molecule has 1 amide bonds. The number of nitrogens with zero attached hydrogens (tertiary/aromatic N) is 3. The lowest BCUT2D eigenvalue weighted by Crippen LogP contribution is -2.33. The van der Waals surface area contributed by atoms with Crippen molar-refractivity contribution in [3.05, 3.63) is 35.4 Å². The first-order valence-electron chi connectivity index (χ1n) is 9.71. The van der Waals surface area contributed by atoms with Crippen LogP contribution in [0.2, 0.25) is 0 Å². The van der Waals surface area contributed by atoms with Gasteiger partial charge in [-0.1, -0.05) is 0 Å². The number of benzene rings is 1. The second-order valence-corrected chi connectivity index (χ2v) is 7.31. The number of hydrogen-bond acceptors (Lipinski definition) is 5. The Bertz CT molecular complexity index is 827. The first-order chi connectivity index (χ1) is 13.2. The van der Waals surface area contributed by atoms with Crippen LogP contribution in [0.1, 0.15) is 66.6 Å². The minimum atomic E-state index is -0.148. The summed E-state index contributed by atoms with van der Waals surface area (Å²) in [5.74, 6) is 2.85. The molecule has 0 saturated heterocycles. The van der Waals surface area contributed by atoms with E-state index in [0.717, 1.165) is 43.9 Å². The van der Waals surface area contributed by atoms with Gasteiger partial charge in [-0.15, -0.1) is 10.2 Å². The van der Waals surface area contributed by atoms with Crippen LogP contribution in [-0.2, 0) is 6.54 Å². The molecule has 0 spiro atoms. The van der Waals surface area contributed by atoms with Gasteiger partial charge in [0.2, 0.25) is 0 Å². The summed E-state index contributed by atoms with van der Waals surface area (Å²) in [4.78, 5) is 13.0. The maximum absolute atomic E-state index is 13.0. The quantitative estimate of drug-likeness (QED) is 0.875. The van der Waals surface area contributed by atoms with Crippen molar-refractivity contribution >= 4 is 5.91 Å². The molecule has 4 rings (SSSR count). The van der Waals surface area contributed by atoms with Gasteiger partial charge in [-0.25, -0.2) is 0 Å². The van der Waals surface area contributed by atoms with Crippen molar-refractivity contribution in [2.75, 3.05) is 7.11 Å². The number of hydrogen-bond donors (Lipinski definition) is 1. The van der Waals surface area contributed by atoms with E-state index in [1.165, 1.54) is 12.8 Å². The third-order valence-electron chi connectivity index (χ3n) is 5.49. The van der Waals surface area contributed by atoms with Gasteiger partial charge in [-0.2, -0.15) is 0 Å². The number of aromatic nitrogens is 3. The van der Waals surface area contributed by atoms with Crippen LogP contribution in [0, 0.1) is 6.92 Å². The van der Waals surface area contributed by atoms with E-state index in [1.807, 2.05) is 6.92 Å². The van der Waals surface area contributed by atoms with E-state index < -0.39 is 0 Å². The van der Waals surface area contributed by atoms with Gasteiger partial charge >= 0.3 is 0 Å². The van der Waals surface area contributed by atoms with Crippen LogP contribution in [0.5, 0.6) is 11.5 Å². The van der Waals surface area contributed by atoms with Gasteiger partial charge in [0.1, 0.15) is 17.3 Å². The van der Waals surface area contributed by atoms with Crippen molar-refractivity contribution in [3.63, 3.8) is 0 Å². The van der Waals surface area contributed by atoms with Crippen LogP contribution in [0.25, 0.3) is 0 Å². The smallest absolute Gasteiger partial charge is 0.255 e. The van der Waals surface area contributed by atoms with Crippen LogP contribution in [0.3, 0.4) is 0 Å². The van der Waals surface area contributed by atoms with Gasteiger partial charge < -0.3 is 19.4 Å². The highest BCUT2D eigenvalue weighted by Crippen LogP contribution is 2.31. The molecule has 7 heteroatoms. The van der Waals surface area contributed by atoms with Gasteiger partial charge in [-0.05, 0) is 57.6 Å². The maximum atomic E-state index is 13.0. The summed E-state index contributed by atoms with van der Waals surface area (Å²) >= 11 is 0. The fraction of sp³-hybridized carbons (Fsp3) is 0.550. The Kier molecular flexibility index (Phi) is 5.01. The van der Waals surface area contributed by atoms with Crippen molar-refractivity contribution in [2.45, 2.75) is 64.1 Å². The molecule has 1 aliphatic heterocycles. The number of carbonyl (C=O) groups is 1. The Labute approximate surface area is 159 Å². The Morgan fingerprint density at radius 1 is 1.19 bits per heavy atom. The molecule has 1 aromatic heterocycles. The predicted molar refractivity (Wildman–Crippen MR) is 100 cm³/mol. The van der Waals surface area contributed by atoms with Gasteiger partial charge in [0, 0.05) is 12.6 Å². The van der Waals surface area contributed by atoms with Crippen LogP contribution in [0.15, 0.2) is 18.2 Å². The lowest BCUT2D eigenvalue weighted by Gasteiger charge is -2.25. The Morgan fingerprint density at radius 3 is 2.78 bits per heavy atom.